The quantitative estimate of drug-likeness (QED) is 0.592. The highest BCUT2D eigenvalue weighted by molar-refractivity contribution is 5.85. The molecule has 1 aliphatic rings. The van der Waals surface area contributed by atoms with Gasteiger partial charge in [-0.05, 0) is 31.0 Å². The minimum atomic E-state index is -4.37. The average molecular weight is 425 g/mol. The van der Waals surface area contributed by atoms with Crippen LogP contribution in [0.2, 0.25) is 0 Å². The van der Waals surface area contributed by atoms with E-state index in [1.807, 2.05) is 0 Å². The minimum absolute atomic E-state index is 0. The molecule has 1 fully saturated rings. The molecule has 1 aromatic carbocycles. The summed E-state index contributed by atoms with van der Waals surface area (Å²) < 4.78 is 44.4. The van der Waals surface area contributed by atoms with Gasteiger partial charge in [-0.15, -0.1) is 12.4 Å². The number of piperidine rings is 1. The summed E-state index contributed by atoms with van der Waals surface area (Å²) in [5, 5.41) is 0. The third-order valence-electron chi connectivity index (χ3n) is 4.77. The van der Waals surface area contributed by atoms with E-state index in [0.29, 0.717) is 34.9 Å². The van der Waals surface area contributed by atoms with Crippen molar-refractivity contribution in [3.8, 4) is 17.1 Å². The minimum Gasteiger partial charge on any atom is -0.460 e. The summed E-state index contributed by atoms with van der Waals surface area (Å²) in [5.74, 6) is 0.339. The van der Waals surface area contributed by atoms with Gasteiger partial charge in [-0.25, -0.2) is 9.97 Å². The summed E-state index contributed by atoms with van der Waals surface area (Å²) in [7, 11) is 0. The lowest BCUT2D eigenvalue weighted by atomic mass is 10.1. The highest BCUT2D eigenvalue weighted by Gasteiger charge is 2.30. The van der Waals surface area contributed by atoms with Crippen molar-refractivity contribution >= 4 is 23.4 Å². The molecule has 3 heterocycles. The second kappa shape index (κ2) is 8.92. The average Bonchev–Trinajstić information content (AvgIpc) is 2.72. The summed E-state index contributed by atoms with van der Waals surface area (Å²) >= 11 is 0. The molecular weight excluding hydrogens is 405 g/mol. The SMILES string of the molecule is Cl.FC(F)(F)c1ccc(-c2cc3nccnc3c(OCN3CCCCC3)n2)cc1. The Morgan fingerprint density at radius 1 is 0.966 bits per heavy atom. The summed E-state index contributed by atoms with van der Waals surface area (Å²) in [6.45, 7) is 2.35. The monoisotopic (exact) mass is 424 g/mol. The zero-order valence-corrected chi connectivity index (χ0v) is 16.3. The summed E-state index contributed by atoms with van der Waals surface area (Å²) in [4.78, 5) is 15.3. The van der Waals surface area contributed by atoms with Crippen molar-refractivity contribution in [2.24, 2.45) is 0 Å². The van der Waals surface area contributed by atoms with E-state index in [1.165, 1.54) is 18.6 Å². The maximum Gasteiger partial charge on any atom is 0.416 e. The predicted molar refractivity (Wildman–Crippen MR) is 106 cm³/mol. The number of halogens is 4. The van der Waals surface area contributed by atoms with Gasteiger partial charge < -0.3 is 4.74 Å². The van der Waals surface area contributed by atoms with Crippen molar-refractivity contribution in [1.29, 1.82) is 0 Å². The molecule has 0 spiro atoms. The molecule has 0 amide bonds. The van der Waals surface area contributed by atoms with Crippen molar-refractivity contribution in [2.45, 2.75) is 25.4 Å². The van der Waals surface area contributed by atoms with Gasteiger partial charge in [0.15, 0.2) is 5.52 Å². The summed E-state index contributed by atoms with van der Waals surface area (Å²) in [5.41, 5.74) is 1.48. The first-order chi connectivity index (χ1) is 13.5. The van der Waals surface area contributed by atoms with Crippen molar-refractivity contribution in [2.75, 3.05) is 19.8 Å². The van der Waals surface area contributed by atoms with Gasteiger partial charge in [-0.2, -0.15) is 13.2 Å². The smallest absolute Gasteiger partial charge is 0.416 e. The molecule has 9 heteroatoms. The molecule has 1 aliphatic heterocycles. The molecule has 0 aliphatic carbocycles. The molecule has 3 aromatic rings. The predicted octanol–water partition coefficient (Wildman–Crippen LogP) is 4.95. The number of rotatable bonds is 4. The zero-order valence-electron chi connectivity index (χ0n) is 15.5. The zero-order chi connectivity index (χ0) is 19.6. The fourth-order valence-corrected chi connectivity index (χ4v) is 3.26. The Morgan fingerprint density at radius 3 is 2.34 bits per heavy atom. The van der Waals surface area contributed by atoms with Gasteiger partial charge in [0.2, 0.25) is 5.88 Å². The van der Waals surface area contributed by atoms with Crippen LogP contribution in [0.4, 0.5) is 13.2 Å². The first kappa shape index (κ1) is 21.3. The highest BCUT2D eigenvalue weighted by Crippen LogP contribution is 2.32. The van der Waals surface area contributed by atoms with E-state index in [-0.39, 0.29) is 12.4 Å². The van der Waals surface area contributed by atoms with Crippen LogP contribution in [0.1, 0.15) is 24.8 Å². The molecule has 0 radical (unpaired) electrons. The first-order valence-corrected chi connectivity index (χ1v) is 9.15. The number of benzene rings is 1. The van der Waals surface area contributed by atoms with E-state index in [2.05, 4.69) is 19.9 Å². The van der Waals surface area contributed by atoms with Crippen molar-refractivity contribution < 1.29 is 17.9 Å². The molecule has 5 nitrogen and oxygen atoms in total. The number of nitrogens with zero attached hydrogens (tertiary/aromatic N) is 4. The van der Waals surface area contributed by atoms with E-state index >= 15 is 0 Å². The number of hydrogen-bond donors (Lipinski definition) is 0. The van der Waals surface area contributed by atoms with E-state index in [4.69, 9.17) is 4.74 Å². The molecule has 1 saturated heterocycles. The van der Waals surface area contributed by atoms with E-state index in [1.54, 1.807) is 18.5 Å². The third kappa shape index (κ3) is 4.94. The van der Waals surface area contributed by atoms with Gasteiger partial charge in [0, 0.05) is 31.0 Å². The number of pyridine rings is 1. The molecule has 0 atom stereocenters. The normalized spacial score (nSPS) is 15.1. The molecule has 0 unspecified atom stereocenters. The Kier molecular flexibility index (Phi) is 6.54. The molecule has 154 valence electrons. The molecule has 0 bridgehead atoms. The van der Waals surface area contributed by atoms with Gasteiger partial charge in [-0.3, -0.25) is 9.88 Å². The van der Waals surface area contributed by atoms with Gasteiger partial charge in [0.05, 0.1) is 16.8 Å². The lowest BCUT2D eigenvalue weighted by molar-refractivity contribution is -0.137. The van der Waals surface area contributed by atoms with Crippen LogP contribution in [0.15, 0.2) is 42.7 Å². The van der Waals surface area contributed by atoms with Gasteiger partial charge in [0.1, 0.15) is 6.73 Å². The van der Waals surface area contributed by atoms with Crippen LogP contribution in [0.3, 0.4) is 0 Å². The van der Waals surface area contributed by atoms with Crippen LogP contribution in [-0.4, -0.2) is 39.7 Å². The fourth-order valence-electron chi connectivity index (χ4n) is 3.26. The summed E-state index contributed by atoms with van der Waals surface area (Å²) in [6, 6.07) is 6.61. The Labute approximate surface area is 172 Å². The largest absolute Gasteiger partial charge is 0.460 e. The van der Waals surface area contributed by atoms with Crippen molar-refractivity contribution in [3.63, 3.8) is 0 Å². The lowest BCUT2D eigenvalue weighted by Gasteiger charge is -2.26. The van der Waals surface area contributed by atoms with Gasteiger partial charge >= 0.3 is 6.18 Å². The molecular formula is C20H20ClF3N4O. The van der Waals surface area contributed by atoms with Gasteiger partial charge in [0.25, 0.3) is 0 Å². The van der Waals surface area contributed by atoms with Crippen LogP contribution < -0.4 is 4.74 Å². The standard InChI is InChI=1S/C20H19F3N4O.ClH/c21-20(22,23)15-6-4-14(5-7-15)16-12-17-18(25-9-8-24-17)19(26-16)28-13-27-10-2-1-3-11-27;/h4-9,12H,1-3,10-11,13H2;1H. The number of fused-ring (bicyclic) bond motifs is 1. The van der Waals surface area contributed by atoms with Crippen LogP contribution in [0, 0.1) is 0 Å². The molecule has 4 rings (SSSR count). The lowest BCUT2D eigenvalue weighted by Crippen LogP contribution is -2.33. The Balaban J connectivity index is 0.00000240. The number of likely N-dealkylation sites (tertiary alicyclic amines) is 1. The maximum absolute atomic E-state index is 12.8. The second-order valence-electron chi connectivity index (χ2n) is 6.76. The van der Waals surface area contributed by atoms with Crippen molar-refractivity contribution in [1.82, 2.24) is 19.9 Å². The number of alkyl halides is 3. The Hall–Kier alpha value is -2.45. The number of hydrogen-bond acceptors (Lipinski definition) is 5. The molecule has 29 heavy (non-hydrogen) atoms. The molecule has 2 aromatic heterocycles. The fraction of sp³-hybridized carbons (Fsp3) is 0.350. The van der Waals surface area contributed by atoms with E-state index in [0.717, 1.165) is 38.1 Å². The number of aromatic nitrogens is 3. The van der Waals surface area contributed by atoms with Crippen LogP contribution in [0.25, 0.3) is 22.3 Å². The van der Waals surface area contributed by atoms with Crippen LogP contribution >= 0.6 is 12.4 Å². The first-order valence-electron chi connectivity index (χ1n) is 9.15. The van der Waals surface area contributed by atoms with Crippen LogP contribution in [-0.2, 0) is 6.18 Å². The maximum atomic E-state index is 12.8. The number of ether oxygens (including phenoxy) is 1. The van der Waals surface area contributed by atoms with Crippen molar-refractivity contribution in [3.05, 3.63) is 48.3 Å². The van der Waals surface area contributed by atoms with E-state index in [9.17, 15) is 13.2 Å². The Bertz CT molecular complexity index is 960. The van der Waals surface area contributed by atoms with Gasteiger partial charge in [-0.1, -0.05) is 18.6 Å². The molecule has 0 saturated carbocycles. The summed E-state index contributed by atoms with van der Waals surface area (Å²) in [6.07, 6.45) is 2.27. The third-order valence-corrected chi connectivity index (χ3v) is 4.77. The molecule has 0 N–H and O–H groups in total. The second-order valence-corrected chi connectivity index (χ2v) is 6.76. The topological polar surface area (TPSA) is 51.1 Å². The van der Waals surface area contributed by atoms with Crippen LogP contribution in [0.5, 0.6) is 5.88 Å². The Morgan fingerprint density at radius 2 is 1.66 bits per heavy atom. The highest BCUT2D eigenvalue weighted by atomic mass is 35.5. The van der Waals surface area contributed by atoms with E-state index < -0.39 is 11.7 Å².